The highest BCUT2D eigenvalue weighted by molar-refractivity contribution is 5.87. The minimum absolute atomic E-state index is 0.264. The molecule has 2 N–H and O–H groups in total. The van der Waals surface area contributed by atoms with Crippen LogP contribution in [0.1, 0.15) is 40.5 Å². The molecule has 0 saturated heterocycles. The normalized spacial score (nSPS) is 33.5. The third-order valence-corrected chi connectivity index (χ3v) is 3.49. The Morgan fingerprint density at radius 1 is 1.29 bits per heavy atom. The van der Waals surface area contributed by atoms with E-state index in [9.17, 15) is 15.0 Å². The van der Waals surface area contributed by atoms with E-state index in [2.05, 4.69) is 6.58 Å². The number of carbonyl (C=O) groups excluding carboxylic acids is 1. The maximum atomic E-state index is 11.7. The first-order chi connectivity index (χ1) is 7.63. The number of carbonyl (C=O) groups is 1. The minimum Gasteiger partial charge on any atom is -0.450 e. The summed E-state index contributed by atoms with van der Waals surface area (Å²) in [6.07, 6.45) is -0.828. The van der Waals surface area contributed by atoms with Gasteiger partial charge in [-0.3, -0.25) is 0 Å². The lowest BCUT2D eigenvalue weighted by Gasteiger charge is -2.45. The number of ether oxygens (including phenoxy) is 1. The molecular weight excluding hydrogens is 220 g/mol. The van der Waals surface area contributed by atoms with E-state index in [1.54, 1.807) is 6.92 Å². The highest BCUT2D eigenvalue weighted by atomic mass is 16.6. The molecule has 2 unspecified atom stereocenters. The van der Waals surface area contributed by atoms with Crippen molar-refractivity contribution in [1.29, 1.82) is 0 Å². The number of hydrogen-bond acceptors (Lipinski definition) is 4. The number of rotatable bonds is 2. The summed E-state index contributed by atoms with van der Waals surface area (Å²) in [5.74, 6) is -0.570. The van der Waals surface area contributed by atoms with Crippen LogP contribution in [-0.4, -0.2) is 34.0 Å². The molecule has 2 atom stereocenters. The maximum absolute atomic E-state index is 11.7. The smallest absolute Gasteiger partial charge is 0.333 e. The van der Waals surface area contributed by atoms with Crippen LogP contribution in [0.5, 0.6) is 0 Å². The molecule has 1 aliphatic rings. The number of esters is 1. The van der Waals surface area contributed by atoms with E-state index >= 15 is 0 Å². The molecule has 0 amide bonds. The quantitative estimate of drug-likeness (QED) is 0.567. The van der Waals surface area contributed by atoms with E-state index in [0.717, 1.165) is 0 Å². The monoisotopic (exact) mass is 242 g/mol. The largest absolute Gasteiger partial charge is 0.450 e. The third kappa shape index (κ3) is 2.24. The molecule has 4 heteroatoms. The second-order valence-corrected chi connectivity index (χ2v) is 5.82. The average Bonchev–Trinajstić information content (AvgIpc) is 2.45. The summed E-state index contributed by atoms with van der Waals surface area (Å²) in [6.45, 7) is 10.6. The molecule has 0 spiro atoms. The van der Waals surface area contributed by atoms with Crippen LogP contribution in [0.3, 0.4) is 0 Å². The molecule has 1 rings (SSSR count). The zero-order chi connectivity index (χ0) is 13.4. The Morgan fingerprint density at radius 2 is 1.71 bits per heavy atom. The first-order valence-corrected chi connectivity index (χ1v) is 5.88. The summed E-state index contributed by atoms with van der Waals surface area (Å²) in [7, 11) is 0. The third-order valence-electron chi connectivity index (χ3n) is 3.49. The van der Waals surface area contributed by atoms with Gasteiger partial charge in [-0.15, -0.1) is 0 Å². The van der Waals surface area contributed by atoms with Gasteiger partial charge < -0.3 is 14.9 Å². The Kier molecular flexibility index (Phi) is 3.69. The lowest BCUT2D eigenvalue weighted by molar-refractivity contribution is -0.209. The van der Waals surface area contributed by atoms with Crippen molar-refractivity contribution in [3.63, 3.8) is 0 Å². The molecule has 17 heavy (non-hydrogen) atoms. The summed E-state index contributed by atoms with van der Waals surface area (Å²) in [5, 5.41) is 20.2. The fourth-order valence-electron chi connectivity index (χ4n) is 2.50. The predicted octanol–water partition coefficient (Wildman–Crippen LogP) is 1.41. The van der Waals surface area contributed by atoms with Crippen molar-refractivity contribution in [2.24, 2.45) is 5.41 Å². The van der Waals surface area contributed by atoms with Crippen LogP contribution in [0.25, 0.3) is 0 Å². The highest BCUT2D eigenvalue weighted by Gasteiger charge is 2.59. The second kappa shape index (κ2) is 4.42. The maximum Gasteiger partial charge on any atom is 0.333 e. The van der Waals surface area contributed by atoms with E-state index < -0.39 is 29.2 Å². The van der Waals surface area contributed by atoms with Gasteiger partial charge in [0.2, 0.25) is 0 Å². The molecule has 98 valence electrons. The fraction of sp³-hybridized carbons (Fsp3) is 0.769. The van der Waals surface area contributed by atoms with Crippen molar-refractivity contribution in [2.75, 3.05) is 0 Å². The molecule has 4 nitrogen and oxygen atoms in total. The molecule has 0 aromatic carbocycles. The van der Waals surface area contributed by atoms with Gasteiger partial charge in [-0.05, 0) is 19.8 Å². The van der Waals surface area contributed by atoms with Gasteiger partial charge in [0.05, 0.1) is 12.2 Å². The average molecular weight is 242 g/mol. The molecule has 0 aromatic rings. The lowest BCUT2D eigenvalue weighted by Crippen LogP contribution is -2.59. The summed E-state index contributed by atoms with van der Waals surface area (Å²) >= 11 is 0. The highest BCUT2D eigenvalue weighted by Crippen LogP contribution is 2.47. The Bertz CT molecular complexity index is 317. The molecular formula is C13H22O4. The standard InChI is InChI=1S/C13H22O4/c1-8(2)11(16)17-13(12(3,4)5)9(14)6-7-10(13)15/h9-10,14-15H,1,6-7H2,2-5H3. The Labute approximate surface area is 102 Å². The van der Waals surface area contributed by atoms with Crippen molar-refractivity contribution in [3.05, 3.63) is 12.2 Å². The number of aliphatic hydroxyl groups excluding tert-OH is 2. The fourth-order valence-corrected chi connectivity index (χ4v) is 2.50. The van der Waals surface area contributed by atoms with Crippen molar-refractivity contribution < 1.29 is 19.7 Å². The van der Waals surface area contributed by atoms with Gasteiger partial charge in [0.1, 0.15) is 0 Å². The van der Waals surface area contributed by atoms with Crippen molar-refractivity contribution in [3.8, 4) is 0 Å². The Hall–Kier alpha value is -0.870. The van der Waals surface area contributed by atoms with Crippen LogP contribution >= 0.6 is 0 Å². The van der Waals surface area contributed by atoms with Crippen molar-refractivity contribution in [2.45, 2.75) is 58.3 Å². The van der Waals surface area contributed by atoms with Crippen LogP contribution < -0.4 is 0 Å². The number of aliphatic hydroxyl groups is 2. The summed E-state index contributed by atoms with van der Waals surface area (Å²) in [5.41, 5.74) is -1.53. The van der Waals surface area contributed by atoms with Crippen LogP contribution in [0.2, 0.25) is 0 Å². The van der Waals surface area contributed by atoms with E-state index in [-0.39, 0.29) is 5.57 Å². The zero-order valence-corrected chi connectivity index (χ0v) is 11.0. The molecule has 0 bridgehead atoms. The van der Waals surface area contributed by atoms with E-state index in [0.29, 0.717) is 12.8 Å². The topological polar surface area (TPSA) is 66.8 Å². The van der Waals surface area contributed by atoms with Gasteiger partial charge in [0.25, 0.3) is 0 Å². The van der Waals surface area contributed by atoms with E-state index in [4.69, 9.17) is 4.74 Å². The van der Waals surface area contributed by atoms with Crippen LogP contribution in [0, 0.1) is 5.41 Å². The Morgan fingerprint density at radius 3 is 2.00 bits per heavy atom. The van der Waals surface area contributed by atoms with Gasteiger partial charge in [0.15, 0.2) is 5.60 Å². The van der Waals surface area contributed by atoms with E-state index in [1.807, 2.05) is 20.8 Å². The summed E-state index contributed by atoms with van der Waals surface area (Å²) < 4.78 is 5.41. The van der Waals surface area contributed by atoms with Gasteiger partial charge in [-0.1, -0.05) is 27.4 Å². The van der Waals surface area contributed by atoms with Crippen molar-refractivity contribution >= 4 is 5.97 Å². The van der Waals surface area contributed by atoms with Crippen LogP contribution in [-0.2, 0) is 9.53 Å². The van der Waals surface area contributed by atoms with Crippen LogP contribution in [0.15, 0.2) is 12.2 Å². The molecule has 0 radical (unpaired) electrons. The van der Waals surface area contributed by atoms with Gasteiger partial charge in [-0.2, -0.15) is 0 Å². The van der Waals surface area contributed by atoms with Gasteiger partial charge in [-0.25, -0.2) is 4.79 Å². The summed E-state index contributed by atoms with van der Waals surface area (Å²) in [4.78, 5) is 11.7. The number of hydrogen-bond donors (Lipinski definition) is 2. The lowest BCUT2D eigenvalue weighted by atomic mass is 9.72. The van der Waals surface area contributed by atoms with Gasteiger partial charge in [0, 0.05) is 11.0 Å². The molecule has 1 saturated carbocycles. The molecule has 0 aliphatic heterocycles. The first kappa shape index (κ1) is 14.2. The summed E-state index contributed by atoms with van der Waals surface area (Å²) in [6, 6.07) is 0. The van der Waals surface area contributed by atoms with Crippen LogP contribution in [0.4, 0.5) is 0 Å². The van der Waals surface area contributed by atoms with Gasteiger partial charge >= 0.3 is 5.97 Å². The molecule has 1 aliphatic carbocycles. The molecule has 0 heterocycles. The first-order valence-electron chi connectivity index (χ1n) is 5.88. The van der Waals surface area contributed by atoms with E-state index in [1.165, 1.54) is 0 Å². The SMILES string of the molecule is C=C(C)C(=O)OC1(C(C)(C)C)C(O)CCC1O. The van der Waals surface area contributed by atoms with Crippen molar-refractivity contribution in [1.82, 2.24) is 0 Å². The molecule has 1 fully saturated rings. The second-order valence-electron chi connectivity index (χ2n) is 5.82. The Balaban J connectivity index is 3.12. The predicted molar refractivity (Wildman–Crippen MR) is 64.3 cm³/mol. The minimum atomic E-state index is -1.25. The zero-order valence-electron chi connectivity index (χ0n) is 11.0. The molecule has 0 aromatic heterocycles.